The van der Waals surface area contributed by atoms with Crippen molar-refractivity contribution in [3.8, 4) is 61.6 Å². The van der Waals surface area contributed by atoms with Gasteiger partial charge in [-0.15, -0.1) is 44.4 Å². The van der Waals surface area contributed by atoms with E-state index < -0.39 is 0 Å². The summed E-state index contributed by atoms with van der Waals surface area (Å²) in [5, 5.41) is 19.7. The quantitative estimate of drug-likeness (QED) is 0.0586. The average Bonchev–Trinajstić information content (AvgIpc) is 2.69. The van der Waals surface area contributed by atoms with Crippen molar-refractivity contribution in [2.45, 2.75) is 57.7 Å². The van der Waals surface area contributed by atoms with Crippen molar-refractivity contribution < 1.29 is 34.7 Å². The summed E-state index contributed by atoms with van der Waals surface area (Å²) in [5.74, 6) is 0.0880. The number of alkyl halides is 1. The molecular weight excluding hydrogens is 1420 g/mol. The van der Waals surface area contributed by atoms with Crippen LogP contribution in [-0.4, -0.2) is 77.1 Å². The van der Waals surface area contributed by atoms with Gasteiger partial charge in [-0.3, -0.25) is 4.98 Å². The Hall–Kier alpha value is -7.04. The third-order valence-electron chi connectivity index (χ3n) is 15.0. The Bertz CT molecular complexity index is 3960. The second-order valence-corrected chi connectivity index (χ2v) is 21.8. The van der Waals surface area contributed by atoms with Crippen molar-refractivity contribution in [2.75, 3.05) is 6.42 Å². The molecule has 5 nitrogen and oxygen atoms in total. The predicted molar refractivity (Wildman–Crippen MR) is 351 cm³/mol. The van der Waals surface area contributed by atoms with E-state index in [2.05, 4.69) is 236 Å². The zero-order valence-corrected chi connectivity index (χ0v) is 55.5. The van der Waals surface area contributed by atoms with Crippen LogP contribution in [0.4, 0.5) is 4.39 Å². The van der Waals surface area contributed by atoms with Crippen LogP contribution >= 0.6 is 8.46 Å². The fraction of sp³-hybridized carbons (Fsp3) is 0.135. The smallest absolute Gasteiger partial charge is 0.106 e. The van der Waals surface area contributed by atoms with E-state index in [1.165, 1.54) is 88.7 Å². The summed E-state index contributed by atoms with van der Waals surface area (Å²) >= 11 is 0. The van der Waals surface area contributed by atoms with Gasteiger partial charge >= 0.3 is 26.2 Å². The number of aromatic nitrogens is 3. The molecule has 0 bridgehead atoms. The Labute approximate surface area is 529 Å². The van der Waals surface area contributed by atoms with Crippen molar-refractivity contribution in [1.29, 1.82) is 0 Å². The molecule has 0 amide bonds. The average molecular weight is 1490 g/mol. The van der Waals surface area contributed by atoms with E-state index >= 15 is 0 Å². The Morgan fingerprint density at radius 3 is 1.62 bits per heavy atom. The third kappa shape index (κ3) is 14.5. The van der Waals surface area contributed by atoms with Crippen LogP contribution in [0.3, 0.4) is 0 Å². The van der Waals surface area contributed by atoms with Gasteiger partial charge in [-0.05, 0) is 123 Å². The van der Waals surface area contributed by atoms with Crippen molar-refractivity contribution in [3.05, 3.63) is 295 Å². The molecule has 84 heavy (non-hydrogen) atoms. The van der Waals surface area contributed by atoms with Crippen LogP contribution in [0, 0.1) is 6.07 Å². The van der Waals surface area contributed by atoms with E-state index in [4.69, 9.17) is 10.2 Å². The van der Waals surface area contributed by atoms with Crippen molar-refractivity contribution in [1.82, 2.24) is 14.5 Å². The van der Waals surface area contributed by atoms with Gasteiger partial charge in [0.05, 0.1) is 35.4 Å². The first kappa shape index (κ1) is 63.0. The van der Waals surface area contributed by atoms with Gasteiger partial charge in [0.1, 0.15) is 13.9 Å². The van der Waals surface area contributed by atoms with Gasteiger partial charge in [-0.25, -0.2) is 9.37 Å². The fourth-order valence-corrected chi connectivity index (χ4v) is 11.2. The molecule has 2 heterocycles. The molecule has 1 aliphatic rings. The molecule has 420 valence electrons. The summed E-state index contributed by atoms with van der Waals surface area (Å²) in [7, 11) is 4.65. The first-order valence-electron chi connectivity index (χ1n) is 27.8. The standard InChI is InChI=1S/C52H39N.C16H11N2.C5H12O2.CH3BFP.Bi.Ir.2H/c1-52(2)47-19-11-9-17-43(47)44-31-29-41(34-48(44)52)51(38-25-21-36(22-26-38)35-13-5-3-6-14-35)39-27-23-37(24-28-39)40-30-32-50-46(33-40)45-18-10-12-20-49(45)53(50)42-15-7-4-8-16-42;1-3-7-13(8-4-1)15-11-16(18-12-17-15)14-9-5-2-6-10-14;1-4(6)3-5(2)7;2-4-1-3;;;;/h3-34,51H,1-2H3;1-9,11-12H;4-7H,3H2,1-2H3;4H,1H2;;;;/q;-1;;;;;;. The number of benzene rings is 10. The van der Waals surface area contributed by atoms with Gasteiger partial charge < -0.3 is 14.8 Å². The summed E-state index contributed by atoms with van der Waals surface area (Å²) in [6.07, 6.45) is 0.943. The van der Waals surface area contributed by atoms with Crippen LogP contribution in [0.25, 0.3) is 83.4 Å². The second kappa shape index (κ2) is 29.7. The zero-order valence-electron chi connectivity index (χ0n) is 47.6. The first-order chi connectivity index (χ1) is 40.0. The van der Waals surface area contributed by atoms with Gasteiger partial charge in [-0.1, -0.05) is 214 Å². The van der Waals surface area contributed by atoms with Crippen LogP contribution in [-0.2, 0) is 25.5 Å². The molecule has 2 aromatic heterocycles. The topological polar surface area (TPSA) is 71.2 Å². The maximum absolute atomic E-state index is 10.6. The molecule has 0 spiro atoms. The number of nitrogens with zero attached hydrogens (tertiary/aromatic N) is 3. The molecule has 1 aliphatic carbocycles. The van der Waals surface area contributed by atoms with Crippen LogP contribution in [0.1, 0.15) is 67.9 Å². The molecule has 0 fully saturated rings. The Balaban J connectivity index is 0.000000245. The minimum atomic E-state index is -0.375. The largest absolute Gasteiger partial charge is 0.286 e. The van der Waals surface area contributed by atoms with E-state index in [0.29, 0.717) is 6.42 Å². The van der Waals surface area contributed by atoms with E-state index in [1.54, 1.807) is 20.2 Å². The van der Waals surface area contributed by atoms with Crippen LogP contribution < -0.4 is 0 Å². The van der Waals surface area contributed by atoms with Gasteiger partial charge in [0.25, 0.3) is 0 Å². The third-order valence-corrected chi connectivity index (χ3v) is 15.2. The minimum absolute atomic E-state index is 0. The Kier molecular flexibility index (Phi) is 22.2. The molecule has 2 N–H and O–H groups in total. The monoisotopic (exact) mass is 1490 g/mol. The summed E-state index contributed by atoms with van der Waals surface area (Å²) in [6, 6.07) is 94.7. The number of rotatable bonds is 11. The van der Waals surface area contributed by atoms with E-state index in [1.807, 2.05) is 60.7 Å². The molecule has 4 atom stereocenters. The first-order valence-corrected chi connectivity index (χ1v) is 29.1. The van der Waals surface area contributed by atoms with Crippen LogP contribution in [0.15, 0.2) is 261 Å². The van der Waals surface area contributed by atoms with E-state index in [0.717, 1.165) is 22.5 Å². The number of aliphatic hydroxyl groups excluding tert-OH is 2. The number of hydrogen-bond donors (Lipinski definition) is 2. The molecule has 4 unspecified atom stereocenters. The van der Waals surface area contributed by atoms with Gasteiger partial charge in [0.15, 0.2) is 0 Å². The molecule has 12 aromatic rings. The zero-order chi connectivity index (χ0) is 57.0. The summed E-state index contributed by atoms with van der Waals surface area (Å²) in [6.45, 7) is 8.06. The minimum Gasteiger partial charge on any atom is -0.286 e. The number of para-hydroxylation sites is 2. The molecular formula is C74H67BBiFIrN3O2P-. The Morgan fingerprint density at radius 1 is 0.512 bits per heavy atom. The molecule has 10 heteroatoms. The summed E-state index contributed by atoms with van der Waals surface area (Å²) in [4.78, 5) is 8.60. The molecule has 13 rings (SSSR count). The maximum atomic E-state index is 10.6. The maximum Gasteiger partial charge on any atom is 0.106 e. The van der Waals surface area contributed by atoms with Crippen molar-refractivity contribution in [3.63, 3.8) is 0 Å². The fourth-order valence-electron chi connectivity index (χ4n) is 11.2. The van der Waals surface area contributed by atoms with Crippen LogP contribution in [0.5, 0.6) is 0 Å². The second-order valence-electron chi connectivity index (χ2n) is 21.1. The SMILES string of the molecule is CC(O)CC(C)O.CC1(C)c2ccccc2-c2ccc(C(c3ccc(-c4ccccc4)cc3)c3ccc(-c4ccc5c(c4)c4ccccc4n5-c4ccccc4)cc3)cc21.[B]PCF.[BiH2].[Ir].[c-]1ccccc1-c1cc(-c2ccccc2)ncn1. The molecule has 0 aliphatic heterocycles. The summed E-state index contributed by atoms with van der Waals surface area (Å²) in [5.41, 5.74) is 21.8. The van der Waals surface area contributed by atoms with Crippen LogP contribution in [0.2, 0.25) is 0 Å². The van der Waals surface area contributed by atoms with Gasteiger partial charge in [0, 0.05) is 47.9 Å². The normalized spacial score (nSPS) is 12.8. The number of aliphatic hydroxyl groups is 2. The van der Waals surface area contributed by atoms with E-state index in [-0.39, 0.29) is 84.7 Å². The van der Waals surface area contributed by atoms with Gasteiger partial charge in [0.2, 0.25) is 0 Å². The summed E-state index contributed by atoms with van der Waals surface area (Å²) < 4.78 is 13.0. The van der Waals surface area contributed by atoms with Crippen molar-refractivity contribution >= 4 is 64.0 Å². The molecule has 10 aromatic carbocycles. The number of halogens is 1. The predicted octanol–water partition coefficient (Wildman–Crippen LogP) is 17.1. The molecule has 0 saturated heterocycles. The van der Waals surface area contributed by atoms with Crippen molar-refractivity contribution in [2.24, 2.45) is 0 Å². The van der Waals surface area contributed by atoms with E-state index in [9.17, 15) is 4.39 Å². The van der Waals surface area contributed by atoms with Gasteiger partial charge in [-0.2, -0.15) is 0 Å². The molecule has 0 saturated carbocycles. The number of fused-ring (bicyclic) bond motifs is 6. The molecule has 4 radical (unpaired) electrons. The number of hydrogen-bond acceptors (Lipinski definition) is 4. The Morgan fingerprint density at radius 2 is 1.01 bits per heavy atom.